The van der Waals surface area contributed by atoms with E-state index >= 15 is 0 Å². The van der Waals surface area contributed by atoms with Crippen LogP contribution in [0.25, 0.3) is 17.0 Å². The monoisotopic (exact) mass is 432 g/mol. The van der Waals surface area contributed by atoms with Gasteiger partial charge in [0.05, 0.1) is 5.52 Å². The van der Waals surface area contributed by atoms with E-state index in [2.05, 4.69) is 15.6 Å². The Bertz CT molecular complexity index is 1140. The van der Waals surface area contributed by atoms with E-state index in [9.17, 15) is 14.0 Å². The average Bonchev–Trinajstić information content (AvgIpc) is 2.81. The quantitative estimate of drug-likeness (QED) is 0.585. The van der Waals surface area contributed by atoms with Crippen LogP contribution in [0.3, 0.4) is 0 Å². The number of urea groups is 1. The van der Waals surface area contributed by atoms with E-state index in [0.29, 0.717) is 25.3 Å². The maximum absolute atomic E-state index is 13.2. The van der Waals surface area contributed by atoms with E-state index in [-0.39, 0.29) is 17.9 Å². The molecule has 0 saturated carbocycles. The maximum atomic E-state index is 13.2. The molecule has 0 aliphatic carbocycles. The summed E-state index contributed by atoms with van der Waals surface area (Å²) in [4.78, 5) is 31.1. The minimum Gasteiger partial charge on any atom is -0.339 e. The Hall–Kier alpha value is -3.74. The summed E-state index contributed by atoms with van der Waals surface area (Å²) >= 11 is 0. The van der Waals surface area contributed by atoms with Gasteiger partial charge in [0.25, 0.3) is 0 Å². The Balaban J connectivity index is 1.30. The van der Waals surface area contributed by atoms with Gasteiger partial charge in [-0.05, 0) is 49.1 Å². The third kappa shape index (κ3) is 5.49. The number of fused-ring (bicyclic) bond motifs is 1. The summed E-state index contributed by atoms with van der Waals surface area (Å²) in [6.45, 7) is 1.72. The van der Waals surface area contributed by atoms with Gasteiger partial charge in [0.15, 0.2) is 0 Å². The second-order valence-corrected chi connectivity index (χ2v) is 7.89. The topological polar surface area (TPSA) is 74.3 Å². The zero-order valence-electron chi connectivity index (χ0n) is 17.6. The number of carbonyl (C=O) groups is 2. The Morgan fingerprint density at radius 3 is 2.88 bits per heavy atom. The summed E-state index contributed by atoms with van der Waals surface area (Å²) in [6.07, 6.45) is 6.96. The highest BCUT2D eigenvalue weighted by molar-refractivity contribution is 5.95. The maximum Gasteiger partial charge on any atom is 0.319 e. The molecular weight excluding hydrogens is 407 g/mol. The van der Waals surface area contributed by atoms with Crippen LogP contribution in [0.1, 0.15) is 18.4 Å². The molecule has 1 unspecified atom stereocenters. The smallest absolute Gasteiger partial charge is 0.319 e. The average molecular weight is 432 g/mol. The van der Waals surface area contributed by atoms with Crippen LogP contribution in [0.5, 0.6) is 0 Å². The minimum absolute atomic E-state index is 0.0492. The molecule has 2 aromatic carbocycles. The van der Waals surface area contributed by atoms with Gasteiger partial charge < -0.3 is 15.5 Å². The van der Waals surface area contributed by atoms with Crippen molar-refractivity contribution in [3.05, 3.63) is 78.3 Å². The highest BCUT2D eigenvalue weighted by Gasteiger charge is 2.22. The first kappa shape index (κ1) is 21.5. The molecule has 3 amide bonds. The number of nitrogens with one attached hydrogen (secondary N) is 2. The molecule has 3 aromatic rings. The number of anilines is 1. The molecule has 4 rings (SSSR count). The first-order chi connectivity index (χ1) is 15.6. The van der Waals surface area contributed by atoms with Gasteiger partial charge in [-0.2, -0.15) is 0 Å². The van der Waals surface area contributed by atoms with Crippen molar-refractivity contribution in [2.75, 3.05) is 25.0 Å². The van der Waals surface area contributed by atoms with Gasteiger partial charge in [-0.1, -0.05) is 30.3 Å². The van der Waals surface area contributed by atoms with Crippen molar-refractivity contribution in [3.63, 3.8) is 0 Å². The fourth-order valence-electron chi connectivity index (χ4n) is 3.94. The SMILES string of the molecule is O=C(NCC1CCCN(C(=O)/C=C/c2cccc3cccnc23)C1)Nc1cccc(F)c1. The van der Waals surface area contributed by atoms with Crippen molar-refractivity contribution < 1.29 is 14.0 Å². The molecule has 6 nitrogen and oxygen atoms in total. The molecule has 0 spiro atoms. The molecule has 1 aromatic heterocycles. The fraction of sp³-hybridized carbons (Fsp3) is 0.240. The van der Waals surface area contributed by atoms with E-state index in [1.165, 1.54) is 18.2 Å². The summed E-state index contributed by atoms with van der Waals surface area (Å²) in [6, 6.07) is 15.1. The van der Waals surface area contributed by atoms with Gasteiger partial charge in [-0.3, -0.25) is 9.78 Å². The molecule has 2 N–H and O–H groups in total. The van der Waals surface area contributed by atoms with E-state index in [1.54, 1.807) is 18.3 Å². The molecular formula is C25H25FN4O2. The number of piperidine rings is 1. The fourth-order valence-corrected chi connectivity index (χ4v) is 3.94. The van der Waals surface area contributed by atoms with E-state index in [1.807, 2.05) is 41.3 Å². The number of likely N-dealkylation sites (tertiary alicyclic amines) is 1. The van der Waals surface area contributed by atoms with Crippen LogP contribution in [0.15, 0.2) is 66.9 Å². The predicted octanol–water partition coefficient (Wildman–Crippen LogP) is 4.45. The minimum atomic E-state index is -0.406. The molecule has 0 radical (unpaired) electrons. The number of halogens is 1. The second kappa shape index (κ2) is 10.0. The van der Waals surface area contributed by atoms with Gasteiger partial charge in [-0.15, -0.1) is 0 Å². The third-order valence-corrected chi connectivity index (χ3v) is 5.53. The predicted molar refractivity (Wildman–Crippen MR) is 124 cm³/mol. The molecule has 1 saturated heterocycles. The third-order valence-electron chi connectivity index (χ3n) is 5.53. The number of benzene rings is 2. The van der Waals surface area contributed by atoms with Gasteiger partial charge in [0, 0.05) is 48.5 Å². The molecule has 2 heterocycles. The lowest BCUT2D eigenvalue weighted by molar-refractivity contribution is -0.127. The van der Waals surface area contributed by atoms with E-state index < -0.39 is 5.82 Å². The number of amides is 3. The zero-order valence-corrected chi connectivity index (χ0v) is 17.6. The number of aromatic nitrogens is 1. The van der Waals surface area contributed by atoms with Crippen LogP contribution in [0.4, 0.5) is 14.9 Å². The van der Waals surface area contributed by atoms with Gasteiger partial charge in [0.2, 0.25) is 5.91 Å². The van der Waals surface area contributed by atoms with Crippen molar-refractivity contribution in [3.8, 4) is 0 Å². The number of nitrogens with zero attached hydrogens (tertiary/aromatic N) is 2. The first-order valence-electron chi connectivity index (χ1n) is 10.7. The van der Waals surface area contributed by atoms with Crippen molar-refractivity contribution >= 4 is 34.6 Å². The molecule has 164 valence electrons. The molecule has 1 fully saturated rings. The van der Waals surface area contributed by atoms with Gasteiger partial charge >= 0.3 is 6.03 Å². The second-order valence-electron chi connectivity index (χ2n) is 7.89. The number of rotatable bonds is 5. The standard InChI is InChI=1S/C25H25FN4O2/c26-21-9-2-10-22(15-21)29-25(32)28-16-18-5-4-14-30(17-18)23(31)12-11-20-7-1-6-19-8-3-13-27-24(19)20/h1-3,6-13,15,18H,4-5,14,16-17H2,(H2,28,29,32)/b12-11+. The van der Waals surface area contributed by atoms with Crippen LogP contribution >= 0.6 is 0 Å². The van der Waals surface area contributed by atoms with Crippen molar-refractivity contribution in [2.24, 2.45) is 5.92 Å². The van der Waals surface area contributed by atoms with Crippen molar-refractivity contribution in [1.82, 2.24) is 15.2 Å². The molecule has 1 aliphatic heterocycles. The molecule has 1 aliphatic rings. The normalized spacial score (nSPS) is 16.3. The highest BCUT2D eigenvalue weighted by atomic mass is 19.1. The molecule has 32 heavy (non-hydrogen) atoms. The summed E-state index contributed by atoms with van der Waals surface area (Å²) in [5.41, 5.74) is 2.17. The number of hydrogen-bond acceptors (Lipinski definition) is 3. The van der Waals surface area contributed by atoms with Crippen LogP contribution in [-0.2, 0) is 4.79 Å². The molecule has 0 bridgehead atoms. The Morgan fingerprint density at radius 1 is 1.16 bits per heavy atom. The summed E-state index contributed by atoms with van der Waals surface area (Å²) in [5, 5.41) is 6.47. The number of pyridine rings is 1. The number of carbonyl (C=O) groups excluding carboxylic acids is 2. The molecule has 7 heteroatoms. The summed E-state index contributed by atoms with van der Waals surface area (Å²) < 4.78 is 13.2. The van der Waals surface area contributed by atoms with Gasteiger partial charge in [0.1, 0.15) is 5.82 Å². The molecule has 1 atom stereocenters. The van der Waals surface area contributed by atoms with Crippen LogP contribution in [0.2, 0.25) is 0 Å². The lowest BCUT2D eigenvalue weighted by Crippen LogP contribution is -2.43. The zero-order chi connectivity index (χ0) is 22.3. The van der Waals surface area contributed by atoms with Crippen LogP contribution in [-0.4, -0.2) is 41.5 Å². The van der Waals surface area contributed by atoms with Gasteiger partial charge in [-0.25, -0.2) is 9.18 Å². The lowest BCUT2D eigenvalue weighted by Gasteiger charge is -2.32. The highest BCUT2D eigenvalue weighted by Crippen LogP contribution is 2.19. The van der Waals surface area contributed by atoms with E-state index in [4.69, 9.17) is 0 Å². The van der Waals surface area contributed by atoms with E-state index in [0.717, 1.165) is 29.3 Å². The Labute approximate surface area is 186 Å². The largest absolute Gasteiger partial charge is 0.339 e. The Kier molecular flexibility index (Phi) is 6.75. The van der Waals surface area contributed by atoms with Crippen molar-refractivity contribution in [2.45, 2.75) is 12.8 Å². The lowest BCUT2D eigenvalue weighted by atomic mass is 9.98. The van der Waals surface area contributed by atoms with Crippen LogP contribution in [0, 0.1) is 11.7 Å². The van der Waals surface area contributed by atoms with Crippen LogP contribution < -0.4 is 10.6 Å². The Morgan fingerprint density at radius 2 is 2.00 bits per heavy atom. The first-order valence-corrected chi connectivity index (χ1v) is 10.7. The summed E-state index contributed by atoms with van der Waals surface area (Å²) in [7, 11) is 0. The summed E-state index contributed by atoms with van der Waals surface area (Å²) in [5.74, 6) is -0.290. The number of para-hydroxylation sites is 1. The van der Waals surface area contributed by atoms with Crippen molar-refractivity contribution in [1.29, 1.82) is 0 Å². The number of hydrogen-bond donors (Lipinski definition) is 2.